The zero-order chi connectivity index (χ0) is 21.1. The minimum absolute atomic E-state index is 0.879. The molecule has 0 unspecified atom stereocenters. The van der Waals surface area contributed by atoms with Crippen LogP contribution in [0.3, 0.4) is 0 Å². The van der Waals surface area contributed by atoms with Crippen molar-refractivity contribution in [1.29, 1.82) is 0 Å². The van der Waals surface area contributed by atoms with Crippen LogP contribution in [0.25, 0.3) is 43.6 Å². The number of aryl methyl sites for hydroxylation is 3. The first-order chi connectivity index (χ1) is 15.1. The van der Waals surface area contributed by atoms with Crippen LogP contribution in [0.1, 0.15) is 23.6 Å². The summed E-state index contributed by atoms with van der Waals surface area (Å²) in [7, 11) is 0. The lowest BCUT2D eigenvalue weighted by Crippen LogP contribution is -2.00. The Labute approximate surface area is 182 Å². The van der Waals surface area contributed by atoms with Gasteiger partial charge in [0.25, 0.3) is 0 Å². The zero-order valence-corrected chi connectivity index (χ0v) is 18.3. The minimum atomic E-state index is 0.879. The molecule has 0 radical (unpaired) electrons. The predicted molar refractivity (Wildman–Crippen MR) is 133 cm³/mol. The Morgan fingerprint density at radius 2 is 1.06 bits per heavy atom. The molecule has 0 fully saturated rings. The van der Waals surface area contributed by atoms with Crippen molar-refractivity contribution >= 4 is 43.6 Å². The molecule has 0 aliphatic carbocycles. The largest absolute Gasteiger partial charge is 0.341 e. The van der Waals surface area contributed by atoms with Crippen molar-refractivity contribution in [2.45, 2.75) is 33.9 Å². The molecular formula is C29H26N2. The molecule has 2 aromatic heterocycles. The normalized spacial score (nSPS) is 12.0. The van der Waals surface area contributed by atoms with Crippen LogP contribution in [0.5, 0.6) is 0 Å². The third-order valence-corrected chi connectivity index (χ3v) is 6.60. The maximum Gasteiger partial charge on any atom is 0.0502 e. The third kappa shape index (κ3) is 2.71. The first-order valence-electron chi connectivity index (χ1n) is 11.1. The van der Waals surface area contributed by atoms with Crippen molar-refractivity contribution < 1.29 is 0 Å². The van der Waals surface area contributed by atoms with Crippen molar-refractivity contribution in [2.75, 3.05) is 0 Å². The van der Waals surface area contributed by atoms with Crippen LogP contribution in [0.4, 0.5) is 0 Å². The quantitative estimate of drug-likeness (QED) is 0.289. The molecule has 0 saturated carbocycles. The van der Waals surface area contributed by atoms with E-state index in [-0.39, 0.29) is 0 Å². The number of aromatic nitrogens is 2. The Balaban J connectivity index is 1.71. The molecule has 6 aromatic rings. The fraction of sp³-hybridized carbons (Fsp3) is 0.172. The maximum absolute atomic E-state index is 2.50. The molecule has 2 nitrogen and oxygen atoms in total. The van der Waals surface area contributed by atoms with E-state index in [9.17, 15) is 0 Å². The maximum atomic E-state index is 2.50. The Morgan fingerprint density at radius 3 is 1.65 bits per heavy atom. The van der Waals surface area contributed by atoms with Crippen LogP contribution in [0, 0.1) is 13.8 Å². The van der Waals surface area contributed by atoms with Gasteiger partial charge in [0.1, 0.15) is 0 Å². The first-order valence-corrected chi connectivity index (χ1v) is 11.1. The van der Waals surface area contributed by atoms with Gasteiger partial charge in [-0.25, -0.2) is 0 Å². The van der Waals surface area contributed by atoms with Crippen LogP contribution in [0.15, 0.2) is 78.9 Å². The number of rotatable bonds is 3. The van der Waals surface area contributed by atoms with Crippen molar-refractivity contribution in [3.8, 4) is 0 Å². The fourth-order valence-electron chi connectivity index (χ4n) is 5.44. The van der Waals surface area contributed by atoms with Gasteiger partial charge < -0.3 is 9.13 Å². The monoisotopic (exact) mass is 402 g/mol. The predicted octanol–water partition coefficient (Wildman–Crippen LogP) is 7.59. The average molecular weight is 403 g/mol. The molecule has 0 bridgehead atoms. The second-order valence-electron chi connectivity index (χ2n) is 8.75. The second-order valence-corrected chi connectivity index (χ2v) is 8.75. The molecular weight excluding hydrogens is 376 g/mol. The molecule has 0 aliphatic heterocycles. The van der Waals surface area contributed by atoms with Gasteiger partial charge in [0.2, 0.25) is 0 Å². The van der Waals surface area contributed by atoms with Crippen LogP contribution >= 0.6 is 0 Å². The molecule has 0 amide bonds. The van der Waals surface area contributed by atoms with Gasteiger partial charge in [0, 0.05) is 51.2 Å². The SMILES string of the molecule is CCn1c2ccccc2c2cc3c(cc21)c1ccccc1n3Cc1cc(C)cc(C)c1. The summed E-state index contributed by atoms with van der Waals surface area (Å²) in [6.07, 6.45) is 0. The van der Waals surface area contributed by atoms with Crippen LogP contribution in [-0.4, -0.2) is 9.13 Å². The average Bonchev–Trinajstić information content (AvgIpc) is 3.24. The van der Waals surface area contributed by atoms with Crippen molar-refractivity contribution in [1.82, 2.24) is 9.13 Å². The molecule has 152 valence electrons. The Kier molecular flexibility index (Phi) is 3.97. The fourth-order valence-corrected chi connectivity index (χ4v) is 5.44. The summed E-state index contributed by atoms with van der Waals surface area (Å²) in [4.78, 5) is 0. The summed E-state index contributed by atoms with van der Waals surface area (Å²) in [5.41, 5.74) is 9.26. The van der Waals surface area contributed by atoms with E-state index in [0.29, 0.717) is 0 Å². The van der Waals surface area contributed by atoms with Gasteiger partial charge in [-0.1, -0.05) is 65.7 Å². The Morgan fingerprint density at radius 1 is 0.548 bits per heavy atom. The summed E-state index contributed by atoms with van der Waals surface area (Å²) in [6.45, 7) is 8.46. The molecule has 31 heavy (non-hydrogen) atoms. The number of hydrogen-bond donors (Lipinski definition) is 0. The summed E-state index contributed by atoms with van der Waals surface area (Å²) in [6, 6.07) is 29.3. The van der Waals surface area contributed by atoms with Crippen molar-refractivity contribution in [2.24, 2.45) is 0 Å². The Hall–Kier alpha value is -3.52. The van der Waals surface area contributed by atoms with Gasteiger partial charge in [0.15, 0.2) is 0 Å². The lowest BCUT2D eigenvalue weighted by Gasteiger charge is -2.10. The van der Waals surface area contributed by atoms with Gasteiger partial charge in [-0.3, -0.25) is 0 Å². The number of benzene rings is 4. The van der Waals surface area contributed by atoms with E-state index in [1.54, 1.807) is 0 Å². The number of nitrogens with zero attached hydrogens (tertiary/aromatic N) is 2. The van der Waals surface area contributed by atoms with E-state index < -0.39 is 0 Å². The molecule has 0 spiro atoms. The lowest BCUT2D eigenvalue weighted by atomic mass is 10.1. The minimum Gasteiger partial charge on any atom is -0.341 e. The molecule has 2 heteroatoms. The first kappa shape index (κ1) is 18.3. The van der Waals surface area contributed by atoms with E-state index >= 15 is 0 Å². The van der Waals surface area contributed by atoms with E-state index in [0.717, 1.165) is 13.1 Å². The standard InChI is InChI=1S/C29H26N2/c1-4-30-26-11-7-5-9-22(26)24-17-29-25(16-28(24)30)23-10-6-8-12-27(23)31(29)18-21-14-19(2)13-20(3)15-21/h5-17H,4,18H2,1-3H3. The van der Waals surface area contributed by atoms with Gasteiger partial charge in [-0.05, 0) is 50.6 Å². The van der Waals surface area contributed by atoms with Crippen molar-refractivity contribution in [3.63, 3.8) is 0 Å². The molecule has 4 aromatic carbocycles. The molecule has 0 N–H and O–H groups in total. The topological polar surface area (TPSA) is 9.86 Å². The van der Waals surface area contributed by atoms with Crippen LogP contribution in [0.2, 0.25) is 0 Å². The summed E-state index contributed by atoms with van der Waals surface area (Å²) < 4.78 is 4.94. The van der Waals surface area contributed by atoms with E-state index in [1.165, 1.54) is 60.3 Å². The van der Waals surface area contributed by atoms with Crippen molar-refractivity contribution in [3.05, 3.63) is 95.6 Å². The molecule has 0 saturated heterocycles. The van der Waals surface area contributed by atoms with Gasteiger partial charge >= 0.3 is 0 Å². The third-order valence-electron chi connectivity index (χ3n) is 6.60. The smallest absolute Gasteiger partial charge is 0.0502 e. The highest BCUT2D eigenvalue weighted by Crippen LogP contribution is 2.37. The second kappa shape index (κ2) is 6.75. The molecule has 0 atom stereocenters. The summed E-state index contributed by atoms with van der Waals surface area (Å²) in [5, 5.41) is 5.35. The van der Waals surface area contributed by atoms with Gasteiger partial charge in [-0.2, -0.15) is 0 Å². The lowest BCUT2D eigenvalue weighted by molar-refractivity contribution is 0.827. The van der Waals surface area contributed by atoms with E-state index in [1.807, 2.05) is 0 Å². The Bertz CT molecular complexity index is 1590. The van der Waals surface area contributed by atoms with E-state index in [4.69, 9.17) is 0 Å². The highest BCUT2D eigenvalue weighted by molar-refractivity contribution is 6.17. The summed E-state index contributed by atoms with van der Waals surface area (Å²) >= 11 is 0. The van der Waals surface area contributed by atoms with Crippen LogP contribution in [-0.2, 0) is 13.1 Å². The molecule has 2 heterocycles. The highest BCUT2D eigenvalue weighted by Gasteiger charge is 2.16. The molecule has 6 rings (SSSR count). The highest BCUT2D eigenvalue weighted by atomic mass is 15.0. The van der Waals surface area contributed by atoms with Gasteiger partial charge in [0.05, 0.1) is 5.52 Å². The molecule has 0 aliphatic rings. The van der Waals surface area contributed by atoms with Gasteiger partial charge in [-0.15, -0.1) is 0 Å². The number of para-hydroxylation sites is 2. The van der Waals surface area contributed by atoms with Crippen LogP contribution < -0.4 is 0 Å². The van der Waals surface area contributed by atoms with E-state index in [2.05, 4.69) is 109 Å². The number of fused-ring (bicyclic) bond motifs is 6. The summed E-state index contributed by atoms with van der Waals surface area (Å²) in [5.74, 6) is 0. The zero-order valence-electron chi connectivity index (χ0n) is 18.3. The number of hydrogen-bond acceptors (Lipinski definition) is 0.